The maximum atomic E-state index is 13.0. The Kier molecular flexibility index (Phi) is 3.53. The molecule has 1 heterocycles. The maximum absolute atomic E-state index is 13.0. The number of rotatable bonds is 4. The Morgan fingerprint density at radius 1 is 1.38 bits per heavy atom. The molecule has 2 aromatic rings. The summed E-state index contributed by atoms with van der Waals surface area (Å²) in [7, 11) is 0. The van der Waals surface area contributed by atoms with Gasteiger partial charge in [0.25, 0.3) is 5.22 Å². The highest BCUT2D eigenvalue weighted by Gasteiger charge is 2.08. The second-order valence-electron chi connectivity index (χ2n) is 3.02. The summed E-state index contributed by atoms with van der Waals surface area (Å²) in [5.41, 5.74) is 5.93. The second-order valence-corrected chi connectivity index (χ2v) is 4.07. The minimum atomic E-state index is -0.327. The van der Waals surface area contributed by atoms with Gasteiger partial charge in [0.2, 0.25) is 5.89 Å². The van der Waals surface area contributed by atoms with Gasteiger partial charge in [0, 0.05) is 17.9 Å². The minimum absolute atomic E-state index is 0.319. The lowest BCUT2D eigenvalue weighted by Crippen LogP contribution is -2.00. The molecular formula is C10H10FN3OS. The van der Waals surface area contributed by atoms with Gasteiger partial charge < -0.3 is 10.2 Å². The van der Waals surface area contributed by atoms with E-state index in [-0.39, 0.29) is 5.82 Å². The van der Waals surface area contributed by atoms with Crippen LogP contribution in [0.3, 0.4) is 0 Å². The fraction of sp³-hybridized carbons (Fsp3) is 0.200. The molecule has 1 aromatic heterocycles. The first-order valence-electron chi connectivity index (χ1n) is 4.72. The molecule has 2 N–H and O–H groups in total. The molecule has 1 aromatic carbocycles. The summed E-state index contributed by atoms with van der Waals surface area (Å²) in [4.78, 5) is 0. The molecule has 6 heteroatoms. The average Bonchev–Trinajstić information content (AvgIpc) is 2.75. The van der Waals surface area contributed by atoms with Gasteiger partial charge in [0.1, 0.15) is 5.82 Å². The summed E-state index contributed by atoms with van der Waals surface area (Å²) in [6.45, 7) is 0.544. The summed E-state index contributed by atoms with van der Waals surface area (Å²) in [5, 5.41) is 8.11. The molecule has 0 fully saturated rings. The first-order valence-corrected chi connectivity index (χ1v) is 5.70. The second kappa shape index (κ2) is 5.09. The predicted octanol–water partition coefficient (Wildman–Crippen LogP) is 1.93. The first-order chi connectivity index (χ1) is 7.79. The summed E-state index contributed by atoms with van der Waals surface area (Å²) in [6.07, 6.45) is 0. The molecule has 16 heavy (non-hydrogen) atoms. The predicted molar refractivity (Wildman–Crippen MR) is 59.5 cm³/mol. The molecule has 2 rings (SSSR count). The van der Waals surface area contributed by atoms with E-state index in [1.54, 1.807) is 12.1 Å². The third-order valence-corrected chi connectivity index (χ3v) is 2.67. The molecule has 0 atom stereocenters. The number of benzene rings is 1. The van der Waals surface area contributed by atoms with Gasteiger partial charge in [-0.1, -0.05) is 17.8 Å². The molecule has 0 aliphatic carbocycles. The topological polar surface area (TPSA) is 64.9 Å². The lowest BCUT2D eigenvalue weighted by Gasteiger charge is -1.94. The van der Waals surface area contributed by atoms with Gasteiger partial charge in [0.05, 0.1) is 0 Å². The molecule has 0 radical (unpaired) electrons. The normalized spacial score (nSPS) is 10.6. The van der Waals surface area contributed by atoms with Crippen LogP contribution >= 0.6 is 11.8 Å². The zero-order valence-corrected chi connectivity index (χ0v) is 9.21. The highest BCUT2D eigenvalue weighted by molar-refractivity contribution is 7.99. The highest BCUT2D eigenvalue weighted by atomic mass is 32.2. The van der Waals surface area contributed by atoms with Crippen molar-refractivity contribution in [3.63, 3.8) is 0 Å². The van der Waals surface area contributed by atoms with E-state index in [0.29, 0.717) is 29.0 Å². The Hall–Kier alpha value is -1.40. The Morgan fingerprint density at radius 2 is 2.25 bits per heavy atom. The van der Waals surface area contributed by atoms with Crippen LogP contribution in [0.25, 0.3) is 11.5 Å². The van der Waals surface area contributed by atoms with E-state index in [9.17, 15) is 4.39 Å². The van der Waals surface area contributed by atoms with Crippen LogP contribution in [0.1, 0.15) is 0 Å². The van der Waals surface area contributed by atoms with Crippen LogP contribution in [0.15, 0.2) is 33.9 Å². The van der Waals surface area contributed by atoms with E-state index in [1.165, 1.54) is 23.9 Å². The van der Waals surface area contributed by atoms with Gasteiger partial charge in [-0.15, -0.1) is 10.2 Å². The Balaban J connectivity index is 2.18. The van der Waals surface area contributed by atoms with E-state index < -0.39 is 0 Å². The molecule has 4 nitrogen and oxygen atoms in total. The summed E-state index contributed by atoms with van der Waals surface area (Å²) >= 11 is 1.38. The van der Waals surface area contributed by atoms with Crippen molar-refractivity contribution in [2.45, 2.75) is 5.22 Å². The monoisotopic (exact) mass is 239 g/mol. The van der Waals surface area contributed by atoms with Crippen LogP contribution < -0.4 is 5.73 Å². The molecule has 0 aliphatic heterocycles. The van der Waals surface area contributed by atoms with Crippen molar-refractivity contribution < 1.29 is 8.81 Å². The SMILES string of the molecule is NCCSc1nnc(-c2cccc(F)c2)o1. The molecular weight excluding hydrogens is 229 g/mol. The van der Waals surface area contributed by atoms with Gasteiger partial charge in [-0.25, -0.2) is 4.39 Å². The van der Waals surface area contributed by atoms with Crippen molar-refractivity contribution >= 4 is 11.8 Å². The number of nitrogens with zero attached hydrogens (tertiary/aromatic N) is 2. The Bertz CT molecular complexity index is 475. The van der Waals surface area contributed by atoms with Crippen LogP contribution in [0.2, 0.25) is 0 Å². The van der Waals surface area contributed by atoms with Crippen LogP contribution in [0, 0.1) is 5.82 Å². The smallest absolute Gasteiger partial charge is 0.276 e. The Morgan fingerprint density at radius 3 is 3.00 bits per heavy atom. The summed E-state index contributed by atoms with van der Waals surface area (Å²) < 4.78 is 18.3. The molecule has 84 valence electrons. The standard InChI is InChI=1S/C10H10FN3OS/c11-8-3-1-2-7(6-8)9-13-14-10(15-9)16-5-4-12/h1-3,6H,4-5,12H2. The fourth-order valence-electron chi connectivity index (χ4n) is 1.15. The summed E-state index contributed by atoms with van der Waals surface area (Å²) in [6, 6.07) is 6.03. The number of hydrogen-bond acceptors (Lipinski definition) is 5. The third kappa shape index (κ3) is 2.59. The molecule has 0 bridgehead atoms. The molecule has 0 amide bonds. The van der Waals surface area contributed by atoms with E-state index in [4.69, 9.17) is 10.2 Å². The third-order valence-electron chi connectivity index (χ3n) is 1.82. The minimum Gasteiger partial charge on any atom is -0.411 e. The molecule has 0 aliphatic rings. The van der Waals surface area contributed by atoms with Crippen LogP contribution in [-0.4, -0.2) is 22.5 Å². The molecule has 0 saturated heterocycles. The molecule has 0 spiro atoms. The van der Waals surface area contributed by atoms with E-state index in [0.717, 1.165) is 0 Å². The van der Waals surface area contributed by atoms with Gasteiger partial charge in [0.15, 0.2) is 0 Å². The van der Waals surface area contributed by atoms with Crippen molar-refractivity contribution in [3.05, 3.63) is 30.1 Å². The zero-order valence-electron chi connectivity index (χ0n) is 8.39. The number of aromatic nitrogens is 2. The van der Waals surface area contributed by atoms with Crippen molar-refractivity contribution in [2.24, 2.45) is 5.73 Å². The van der Waals surface area contributed by atoms with Crippen molar-refractivity contribution in [3.8, 4) is 11.5 Å². The van der Waals surface area contributed by atoms with Gasteiger partial charge in [-0.2, -0.15) is 0 Å². The van der Waals surface area contributed by atoms with Crippen LogP contribution in [0.4, 0.5) is 4.39 Å². The quantitative estimate of drug-likeness (QED) is 0.826. The maximum Gasteiger partial charge on any atom is 0.276 e. The average molecular weight is 239 g/mol. The van der Waals surface area contributed by atoms with Crippen LogP contribution in [0.5, 0.6) is 0 Å². The summed E-state index contributed by atoms with van der Waals surface area (Å²) in [5.74, 6) is 0.705. The van der Waals surface area contributed by atoms with E-state index >= 15 is 0 Å². The number of hydrogen-bond donors (Lipinski definition) is 1. The molecule has 0 unspecified atom stereocenters. The zero-order chi connectivity index (χ0) is 11.4. The lowest BCUT2D eigenvalue weighted by atomic mass is 10.2. The lowest BCUT2D eigenvalue weighted by molar-refractivity contribution is 0.465. The largest absolute Gasteiger partial charge is 0.411 e. The van der Waals surface area contributed by atoms with E-state index in [2.05, 4.69) is 10.2 Å². The highest BCUT2D eigenvalue weighted by Crippen LogP contribution is 2.23. The van der Waals surface area contributed by atoms with Crippen molar-refractivity contribution in [1.29, 1.82) is 0 Å². The number of halogens is 1. The van der Waals surface area contributed by atoms with Gasteiger partial charge >= 0.3 is 0 Å². The number of nitrogens with two attached hydrogens (primary N) is 1. The molecule has 0 saturated carbocycles. The Labute approximate surface area is 96.0 Å². The number of thioether (sulfide) groups is 1. The fourth-order valence-corrected chi connectivity index (χ4v) is 1.68. The van der Waals surface area contributed by atoms with Crippen molar-refractivity contribution in [1.82, 2.24) is 10.2 Å². The van der Waals surface area contributed by atoms with Gasteiger partial charge in [-0.3, -0.25) is 0 Å². The first kappa shape index (κ1) is 11.1. The van der Waals surface area contributed by atoms with Crippen LogP contribution in [-0.2, 0) is 0 Å². The van der Waals surface area contributed by atoms with Crippen molar-refractivity contribution in [2.75, 3.05) is 12.3 Å². The van der Waals surface area contributed by atoms with E-state index in [1.807, 2.05) is 0 Å². The van der Waals surface area contributed by atoms with Gasteiger partial charge in [-0.05, 0) is 18.2 Å².